The molecule has 0 N–H and O–H groups in total. The first-order valence-corrected chi connectivity index (χ1v) is 18.4. The summed E-state index contributed by atoms with van der Waals surface area (Å²) >= 11 is 0. The molecule has 4 heteroatoms. The second kappa shape index (κ2) is 20.4. The summed E-state index contributed by atoms with van der Waals surface area (Å²) in [6.07, 6.45) is 24.0. The van der Waals surface area contributed by atoms with Gasteiger partial charge in [0.25, 0.3) is 0 Å². The van der Waals surface area contributed by atoms with Crippen LogP contribution in [0.2, 0.25) is 0 Å². The zero-order chi connectivity index (χ0) is 26.5. The first-order valence-electron chi connectivity index (χ1n) is 15.5. The van der Waals surface area contributed by atoms with E-state index in [0.717, 1.165) is 11.7 Å². The van der Waals surface area contributed by atoms with E-state index in [2.05, 4.69) is 20.8 Å². The summed E-state index contributed by atoms with van der Waals surface area (Å²) in [5.74, 6) is 0. The standard InChI is InChI=1S/C32H58F3P/c1-4-7-10-13-16-19-25-36(26-20-17-14-11-8-5-2,27-21-18-15-12-9-6-3)29-30-23-22-24-31(28-30)32(33,34)35/h22-24,28,36H,4-21,25-27,29H2,1-3H3. The van der Waals surface area contributed by atoms with Crippen LogP contribution in [-0.4, -0.2) is 18.5 Å². The molecule has 1 aromatic rings. The third kappa shape index (κ3) is 15.6. The van der Waals surface area contributed by atoms with Gasteiger partial charge in [-0.25, -0.2) is 0 Å². The second-order valence-corrected chi connectivity index (χ2v) is 16.3. The molecule has 0 bridgehead atoms. The van der Waals surface area contributed by atoms with Gasteiger partial charge >= 0.3 is 223 Å². The summed E-state index contributed by atoms with van der Waals surface area (Å²) in [5, 5.41) is 0. The van der Waals surface area contributed by atoms with Crippen molar-refractivity contribution in [1.82, 2.24) is 0 Å². The van der Waals surface area contributed by atoms with Crippen LogP contribution in [0.5, 0.6) is 0 Å². The van der Waals surface area contributed by atoms with Gasteiger partial charge in [-0.1, -0.05) is 0 Å². The molecule has 0 nitrogen and oxygen atoms in total. The van der Waals surface area contributed by atoms with E-state index in [1.165, 1.54) is 146 Å². The van der Waals surface area contributed by atoms with Gasteiger partial charge in [-0.05, 0) is 0 Å². The average molecular weight is 531 g/mol. The van der Waals surface area contributed by atoms with Crippen LogP contribution >= 0.6 is 7.26 Å². The SMILES string of the molecule is CCCCCCCC[PH](CCCCCCCC)(CCCCCCCC)Cc1cccc(C(F)(F)F)c1. The van der Waals surface area contributed by atoms with Crippen molar-refractivity contribution < 1.29 is 13.2 Å². The summed E-state index contributed by atoms with van der Waals surface area (Å²) in [6.45, 7) is 6.77. The Morgan fingerprint density at radius 2 is 0.944 bits per heavy atom. The quantitative estimate of drug-likeness (QED) is 0.0975. The maximum absolute atomic E-state index is 13.5. The van der Waals surface area contributed by atoms with E-state index in [9.17, 15) is 13.2 Å². The van der Waals surface area contributed by atoms with E-state index in [0.29, 0.717) is 0 Å². The van der Waals surface area contributed by atoms with Gasteiger partial charge in [-0.3, -0.25) is 0 Å². The molecule has 0 heterocycles. The molecule has 0 fully saturated rings. The summed E-state index contributed by atoms with van der Waals surface area (Å²) < 4.78 is 40.4. The number of rotatable bonds is 23. The minimum absolute atomic E-state index is 0.471. The third-order valence-electron chi connectivity index (χ3n) is 8.02. The molecule has 0 unspecified atom stereocenters. The molecule has 0 aliphatic carbocycles. The second-order valence-electron chi connectivity index (χ2n) is 11.4. The van der Waals surface area contributed by atoms with Crippen molar-refractivity contribution in [2.75, 3.05) is 18.5 Å². The summed E-state index contributed by atoms with van der Waals surface area (Å²) in [7, 11) is -1.69. The van der Waals surface area contributed by atoms with Gasteiger partial charge in [-0.2, -0.15) is 0 Å². The van der Waals surface area contributed by atoms with Gasteiger partial charge in [0, 0.05) is 0 Å². The predicted octanol–water partition coefficient (Wildman–Crippen LogP) is 12.0. The minimum atomic E-state index is -4.25. The van der Waals surface area contributed by atoms with E-state index >= 15 is 0 Å². The molecule has 0 spiro atoms. The fourth-order valence-electron chi connectivity index (χ4n) is 5.77. The Labute approximate surface area is 223 Å². The number of alkyl halides is 3. The number of hydrogen-bond acceptors (Lipinski definition) is 0. The number of hydrogen-bond donors (Lipinski definition) is 0. The first-order chi connectivity index (χ1) is 17.4. The van der Waals surface area contributed by atoms with E-state index < -0.39 is 19.0 Å². The zero-order valence-corrected chi connectivity index (χ0v) is 25.0. The van der Waals surface area contributed by atoms with Crippen LogP contribution in [0, 0.1) is 0 Å². The molecule has 212 valence electrons. The molecular weight excluding hydrogens is 472 g/mol. The van der Waals surface area contributed by atoms with Crippen LogP contribution < -0.4 is 0 Å². The van der Waals surface area contributed by atoms with Crippen molar-refractivity contribution in [2.45, 2.75) is 149 Å². The van der Waals surface area contributed by atoms with Crippen LogP contribution in [0.25, 0.3) is 0 Å². The van der Waals surface area contributed by atoms with Crippen molar-refractivity contribution in [3.05, 3.63) is 35.4 Å². The topological polar surface area (TPSA) is 0 Å². The molecule has 36 heavy (non-hydrogen) atoms. The van der Waals surface area contributed by atoms with Crippen molar-refractivity contribution in [3.63, 3.8) is 0 Å². The van der Waals surface area contributed by atoms with Crippen molar-refractivity contribution in [3.8, 4) is 0 Å². The molecule has 1 rings (SSSR count). The first kappa shape index (κ1) is 33.5. The van der Waals surface area contributed by atoms with Crippen molar-refractivity contribution in [1.29, 1.82) is 0 Å². The third-order valence-corrected chi connectivity index (χ3v) is 13.4. The summed E-state index contributed by atoms with van der Waals surface area (Å²) in [6, 6.07) is 6.31. The fraction of sp³-hybridized carbons (Fsp3) is 0.812. The Kier molecular flexibility index (Phi) is 19.0. The van der Waals surface area contributed by atoms with Crippen molar-refractivity contribution in [2.24, 2.45) is 0 Å². The predicted molar refractivity (Wildman–Crippen MR) is 158 cm³/mol. The Morgan fingerprint density at radius 3 is 1.33 bits per heavy atom. The Balaban J connectivity index is 2.95. The molecule has 0 atom stereocenters. The molecule has 0 saturated heterocycles. The fourth-order valence-corrected chi connectivity index (χ4v) is 11.1. The van der Waals surface area contributed by atoms with E-state index in [1.807, 2.05) is 6.07 Å². The summed E-state index contributed by atoms with van der Waals surface area (Å²) in [5.41, 5.74) is 0.473. The zero-order valence-electron chi connectivity index (χ0n) is 24.0. The average Bonchev–Trinajstić information content (AvgIpc) is 2.85. The van der Waals surface area contributed by atoms with E-state index in [-0.39, 0.29) is 0 Å². The van der Waals surface area contributed by atoms with Gasteiger partial charge in [0.05, 0.1) is 0 Å². The monoisotopic (exact) mass is 530 g/mol. The molecule has 1 aromatic carbocycles. The summed E-state index contributed by atoms with van der Waals surface area (Å²) in [4.78, 5) is 0. The van der Waals surface area contributed by atoms with Gasteiger partial charge in [0.1, 0.15) is 0 Å². The van der Waals surface area contributed by atoms with Crippen molar-refractivity contribution >= 4 is 7.26 Å². The van der Waals surface area contributed by atoms with E-state index in [1.54, 1.807) is 6.07 Å². The van der Waals surface area contributed by atoms with Crippen LogP contribution in [0.15, 0.2) is 24.3 Å². The van der Waals surface area contributed by atoms with Crippen LogP contribution in [0.4, 0.5) is 13.2 Å². The molecular formula is C32H58F3P. The Bertz CT molecular complexity index is 600. The van der Waals surface area contributed by atoms with Gasteiger partial charge < -0.3 is 0 Å². The number of benzene rings is 1. The normalized spacial score (nSPS) is 12.8. The Hall–Kier alpha value is -0.560. The van der Waals surface area contributed by atoms with Gasteiger partial charge in [0.15, 0.2) is 0 Å². The van der Waals surface area contributed by atoms with Crippen LogP contribution in [-0.2, 0) is 12.3 Å². The molecule has 0 aliphatic rings. The number of unbranched alkanes of at least 4 members (excludes halogenated alkanes) is 15. The van der Waals surface area contributed by atoms with Crippen LogP contribution in [0.1, 0.15) is 147 Å². The number of halogens is 3. The van der Waals surface area contributed by atoms with Gasteiger partial charge in [-0.15, -0.1) is 0 Å². The molecule has 0 saturated carbocycles. The molecule has 0 aliphatic heterocycles. The molecule has 0 radical (unpaired) electrons. The maximum atomic E-state index is 13.5. The molecule has 0 amide bonds. The van der Waals surface area contributed by atoms with Gasteiger partial charge in [0.2, 0.25) is 0 Å². The molecule has 0 aromatic heterocycles. The van der Waals surface area contributed by atoms with E-state index in [4.69, 9.17) is 0 Å². The van der Waals surface area contributed by atoms with Crippen LogP contribution in [0.3, 0.4) is 0 Å². The Morgan fingerprint density at radius 1 is 0.556 bits per heavy atom.